The normalized spacial score (nSPS) is 22.2. The van der Waals surface area contributed by atoms with Crippen LogP contribution in [0.25, 0.3) is 0 Å². The summed E-state index contributed by atoms with van der Waals surface area (Å²) in [6.07, 6.45) is 5.40. The van der Waals surface area contributed by atoms with E-state index in [1.165, 1.54) is 11.6 Å². The second kappa shape index (κ2) is 8.02. The van der Waals surface area contributed by atoms with Gasteiger partial charge in [-0.3, -0.25) is 10.1 Å². The number of allylic oxidation sites excluding steroid dienone is 2. The van der Waals surface area contributed by atoms with Crippen molar-refractivity contribution in [1.29, 1.82) is 0 Å². The van der Waals surface area contributed by atoms with Gasteiger partial charge in [-0.25, -0.2) is 0 Å². The number of nitro groups is 1. The lowest BCUT2D eigenvalue weighted by molar-refractivity contribution is -0.384. The van der Waals surface area contributed by atoms with Crippen molar-refractivity contribution in [3.8, 4) is 5.75 Å². The average Bonchev–Trinajstić information content (AvgIpc) is 3.21. The minimum atomic E-state index is -0.340. The fraction of sp³-hybridized carbons (Fsp3) is 0.364. The molecule has 1 aliphatic carbocycles. The molecule has 3 unspecified atom stereocenters. The summed E-state index contributed by atoms with van der Waals surface area (Å²) >= 11 is 0. The third-order valence-electron chi connectivity index (χ3n) is 5.49. The van der Waals surface area contributed by atoms with Crippen molar-refractivity contribution in [2.24, 2.45) is 5.92 Å². The highest BCUT2D eigenvalue weighted by molar-refractivity contribution is 5.67. The molecule has 3 atom stereocenters. The van der Waals surface area contributed by atoms with Crippen LogP contribution < -0.4 is 10.1 Å². The lowest BCUT2D eigenvalue weighted by Crippen LogP contribution is -2.29. The molecule has 28 heavy (non-hydrogen) atoms. The Morgan fingerprint density at radius 1 is 1.21 bits per heavy atom. The number of hydrogen-bond donors (Lipinski definition) is 1. The molecule has 6 nitrogen and oxygen atoms in total. The molecule has 2 aliphatic rings. The van der Waals surface area contributed by atoms with Crippen LogP contribution in [0.1, 0.15) is 36.4 Å². The minimum absolute atomic E-state index is 0.0101. The fourth-order valence-corrected chi connectivity index (χ4v) is 4.23. The predicted octanol–water partition coefficient (Wildman–Crippen LogP) is 4.84. The molecule has 0 fully saturated rings. The van der Waals surface area contributed by atoms with Crippen LogP contribution in [0.15, 0.2) is 54.6 Å². The second-order valence-electron chi connectivity index (χ2n) is 7.09. The maximum Gasteiger partial charge on any atom is 0.269 e. The highest BCUT2D eigenvalue weighted by atomic mass is 16.6. The van der Waals surface area contributed by atoms with Gasteiger partial charge in [-0.1, -0.05) is 36.4 Å². The Hall–Kier alpha value is -2.86. The van der Waals surface area contributed by atoms with E-state index >= 15 is 0 Å². The molecule has 2 aromatic carbocycles. The third kappa shape index (κ3) is 3.47. The zero-order valence-electron chi connectivity index (χ0n) is 15.8. The van der Waals surface area contributed by atoms with E-state index in [9.17, 15) is 10.1 Å². The maximum absolute atomic E-state index is 11.2. The van der Waals surface area contributed by atoms with Gasteiger partial charge in [0.25, 0.3) is 5.69 Å². The molecule has 6 heteroatoms. The molecule has 0 radical (unpaired) electrons. The Labute approximate surface area is 164 Å². The lowest BCUT2D eigenvalue weighted by atomic mass is 9.77. The Balaban J connectivity index is 1.67. The first-order chi connectivity index (χ1) is 13.7. The summed E-state index contributed by atoms with van der Waals surface area (Å²) in [4.78, 5) is 10.9. The molecule has 0 aromatic heterocycles. The van der Waals surface area contributed by atoms with Gasteiger partial charge in [0.05, 0.1) is 23.3 Å². The van der Waals surface area contributed by atoms with E-state index in [0.717, 1.165) is 23.4 Å². The number of rotatable bonds is 7. The minimum Gasteiger partial charge on any atom is -0.489 e. The van der Waals surface area contributed by atoms with E-state index in [-0.39, 0.29) is 22.6 Å². The summed E-state index contributed by atoms with van der Waals surface area (Å²) in [5.74, 6) is 1.40. The van der Waals surface area contributed by atoms with E-state index in [1.54, 1.807) is 12.1 Å². The highest BCUT2D eigenvalue weighted by Gasteiger charge is 2.39. The molecule has 2 aromatic rings. The SMILES string of the molecule is CCOCCOc1cccc2c1NC(c1cccc([N+](=O)[O-])c1)C1CC=CC21. The number of fused-ring (bicyclic) bond motifs is 3. The Morgan fingerprint density at radius 3 is 2.89 bits per heavy atom. The van der Waals surface area contributed by atoms with Gasteiger partial charge in [-0.2, -0.15) is 0 Å². The summed E-state index contributed by atoms with van der Waals surface area (Å²) < 4.78 is 11.4. The van der Waals surface area contributed by atoms with Crippen LogP contribution in [0.4, 0.5) is 11.4 Å². The number of non-ortho nitro benzene ring substituents is 1. The number of para-hydroxylation sites is 1. The zero-order valence-corrected chi connectivity index (χ0v) is 15.8. The zero-order chi connectivity index (χ0) is 19.5. The summed E-state index contributed by atoms with van der Waals surface area (Å²) in [6.45, 7) is 3.65. The molecule has 0 amide bonds. The van der Waals surface area contributed by atoms with Crippen LogP contribution in [-0.4, -0.2) is 24.7 Å². The first kappa shape index (κ1) is 18.5. The second-order valence-corrected chi connectivity index (χ2v) is 7.09. The summed E-state index contributed by atoms with van der Waals surface area (Å²) in [5, 5.41) is 14.9. The number of hydrogen-bond acceptors (Lipinski definition) is 5. The largest absolute Gasteiger partial charge is 0.489 e. The van der Waals surface area contributed by atoms with Crippen molar-refractivity contribution >= 4 is 11.4 Å². The van der Waals surface area contributed by atoms with Crippen molar-refractivity contribution in [3.05, 3.63) is 75.9 Å². The van der Waals surface area contributed by atoms with Gasteiger partial charge in [0, 0.05) is 24.7 Å². The molecule has 4 rings (SSSR count). The first-order valence-corrected chi connectivity index (χ1v) is 9.70. The van der Waals surface area contributed by atoms with Crippen molar-refractivity contribution in [1.82, 2.24) is 0 Å². The number of benzene rings is 2. The van der Waals surface area contributed by atoms with Gasteiger partial charge in [-0.15, -0.1) is 0 Å². The van der Waals surface area contributed by atoms with Crippen LogP contribution in [0.3, 0.4) is 0 Å². The van der Waals surface area contributed by atoms with Crippen molar-refractivity contribution in [3.63, 3.8) is 0 Å². The average molecular weight is 380 g/mol. The molecule has 1 aliphatic heterocycles. The number of nitro benzene ring substituents is 1. The Bertz CT molecular complexity index is 896. The third-order valence-corrected chi connectivity index (χ3v) is 5.49. The maximum atomic E-state index is 11.2. The van der Waals surface area contributed by atoms with Crippen LogP contribution in [0.5, 0.6) is 5.75 Å². The van der Waals surface area contributed by atoms with E-state index < -0.39 is 0 Å². The van der Waals surface area contributed by atoms with Gasteiger partial charge in [0.1, 0.15) is 12.4 Å². The van der Waals surface area contributed by atoms with Crippen LogP contribution in [0.2, 0.25) is 0 Å². The standard InChI is InChI=1S/C22H24N2O4/c1-2-27-12-13-28-20-11-5-10-19-17-8-4-9-18(17)21(23-22(19)20)15-6-3-7-16(14-15)24(25)26/h3-8,10-11,14,17-18,21,23H,2,9,12-13H2,1H3. The van der Waals surface area contributed by atoms with Gasteiger partial charge in [0.15, 0.2) is 0 Å². The van der Waals surface area contributed by atoms with Gasteiger partial charge in [0.2, 0.25) is 0 Å². The van der Waals surface area contributed by atoms with Gasteiger partial charge >= 0.3 is 0 Å². The molecule has 0 spiro atoms. The summed E-state index contributed by atoms with van der Waals surface area (Å²) in [5.41, 5.74) is 3.24. The summed E-state index contributed by atoms with van der Waals surface area (Å²) in [6, 6.07) is 13.0. The van der Waals surface area contributed by atoms with Crippen molar-refractivity contribution in [2.45, 2.75) is 25.3 Å². The molecule has 0 saturated heterocycles. The molecule has 146 valence electrons. The van der Waals surface area contributed by atoms with E-state index in [2.05, 4.69) is 23.5 Å². The summed E-state index contributed by atoms with van der Waals surface area (Å²) in [7, 11) is 0. The van der Waals surface area contributed by atoms with E-state index in [4.69, 9.17) is 9.47 Å². The van der Waals surface area contributed by atoms with Crippen molar-refractivity contribution < 1.29 is 14.4 Å². The fourth-order valence-electron chi connectivity index (χ4n) is 4.23. The molecular formula is C22H24N2O4. The van der Waals surface area contributed by atoms with Crippen LogP contribution in [-0.2, 0) is 4.74 Å². The molecule has 0 saturated carbocycles. The Kier molecular flexibility index (Phi) is 5.30. The number of nitrogens with zero attached hydrogens (tertiary/aromatic N) is 1. The van der Waals surface area contributed by atoms with E-state index in [1.807, 2.05) is 25.1 Å². The van der Waals surface area contributed by atoms with Crippen LogP contribution >= 0.6 is 0 Å². The molecule has 1 N–H and O–H groups in total. The lowest BCUT2D eigenvalue weighted by Gasteiger charge is -2.38. The number of anilines is 1. The predicted molar refractivity (Wildman–Crippen MR) is 108 cm³/mol. The highest BCUT2D eigenvalue weighted by Crippen LogP contribution is 2.52. The number of ether oxygens (including phenoxy) is 2. The van der Waals surface area contributed by atoms with Crippen molar-refractivity contribution in [2.75, 3.05) is 25.1 Å². The topological polar surface area (TPSA) is 73.6 Å². The monoisotopic (exact) mass is 380 g/mol. The molecule has 1 heterocycles. The quantitative estimate of drug-likeness (QED) is 0.322. The molecule has 0 bridgehead atoms. The smallest absolute Gasteiger partial charge is 0.269 e. The van der Waals surface area contributed by atoms with Gasteiger partial charge in [-0.05, 0) is 36.5 Å². The first-order valence-electron chi connectivity index (χ1n) is 9.70. The van der Waals surface area contributed by atoms with Gasteiger partial charge < -0.3 is 14.8 Å². The molecular weight excluding hydrogens is 356 g/mol. The van der Waals surface area contributed by atoms with Crippen LogP contribution in [0, 0.1) is 16.0 Å². The van der Waals surface area contributed by atoms with E-state index in [0.29, 0.717) is 25.7 Å². The number of nitrogens with one attached hydrogen (secondary N) is 1. The Morgan fingerprint density at radius 2 is 2.07 bits per heavy atom.